The first kappa shape index (κ1) is 11.1. The first-order chi connectivity index (χ1) is 6.49. The van der Waals surface area contributed by atoms with Gasteiger partial charge in [0.2, 0.25) is 0 Å². The molecular formula is C11H14ClNO. The van der Waals surface area contributed by atoms with Crippen molar-refractivity contribution in [2.45, 2.75) is 27.7 Å². The highest BCUT2D eigenvalue weighted by Gasteiger charge is 2.12. The van der Waals surface area contributed by atoms with Crippen LogP contribution < -0.4 is 0 Å². The molecule has 3 heteroatoms. The third-order valence-corrected chi connectivity index (χ3v) is 2.92. The Bertz CT molecular complexity index is 371. The predicted octanol–water partition coefficient (Wildman–Crippen LogP) is 3.29. The van der Waals surface area contributed by atoms with Crippen molar-refractivity contribution in [2.75, 3.05) is 0 Å². The third-order valence-electron chi connectivity index (χ3n) is 2.66. The summed E-state index contributed by atoms with van der Waals surface area (Å²) in [6.07, 6.45) is 0. The second kappa shape index (κ2) is 4.01. The van der Waals surface area contributed by atoms with Gasteiger partial charge >= 0.3 is 0 Å². The van der Waals surface area contributed by atoms with Crippen LogP contribution in [0.25, 0.3) is 0 Å². The molecule has 0 spiro atoms. The van der Waals surface area contributed by atoms with Crippen molar-refractivity contribution in [3.05, 3.63) is 33.9 Å². The maximum Gasteiger partial charge on any atom is 0.175 e. The van der Waals surface area contributed by atoms with Crippen LogP contribution in [-0.4, -0.2) is 10.4 Å². The van der Waals surface area contributed by atoms with Crippen molar-refractivity contribution in [3.63, 3.8) is 0 Å². The Morgan fingerprint density at radius 1 is 1.14 bits per heavy atom. The summed E-state index contributed by atoms with van der Waals surface area (Å²) in [4.78, 5) is 0. The first-order valence-electron chi connectivity index (χ1n) is 4.44. The molecule has 0 atom stereocenters. The molecule has 0 radical (unpaired) electrons. The van der Waals surface area contributed by atoms with Crippen LogP contribution in [0.1, 0.15) is 27.8 Å². The molecule has 0 fully saturated rings. The highest BCUT2D eigenvalue weighted by Crippen LogP contribution is 2.23. The summed E-state index contributed by atoms with van der Waals surface area (Å²) in [5.74, 6) is 0. The van der Waals surface area contributed by atoms with Gasteiger partial charge in [0.15, 0.2) is 5.17 Å². The number of nitrogens with zero attached hydrogens (tertiary/aromatic N) is 1. The van der Waals surface area contributed by atoms with Crippen molar-refractivity contribution in [1.82, 2.24) is 0 Å². The monoisotopic (exact) mass is 211 g/mol. The van der Waals surface area contributed by atoms with Gasteiger partial charge in [-0.3, -0.25) is 0 Å². The van der Waals surface area contributed by atoms with E-state index in [9.17, 15) is 0 Å². The SMILES string of the molecule is Cc1cc(C)c(C)c(/C(Cl)=N/O)c1C. The maximum absolute atomic E-state index is 8.67. The normalized spacial score (nSPS) is 11.9. The Balaban J connectivity index is 3.55. The van der Waals surface area contributed by atoms with E-state index in [1.54, 1.807) is 0 Å². The lowest BCUT2D eigenvalue weighted by Crippen LogP contribution is -2.03. The third kappa shape index (κ3) is 1.75. The summed E-state index contributed by atoms with van der Waals surface area (Å²) in [6.45, 7) is 8.00. The summed E-state index contributed by atoms with van der Waals surface area (Å²) in [6, 6.07) is 2.11. The molecule has 0 saturated carbocycles. The lowest BCUT2D eigenvalue weighted by atomic mass is 9.95. The molecule has 0 aliphatic heterocycles. The number of hydrogen-bond donors (Lipinski definition) is 1. The number of halogens is 1. The molecule has 1 aromatic rings. The van der Waals surface area contributed by atoms with Crippen LogP contribution in [0.4, 0.5) is 0 Å². The van der Waals surface area contributed by atoms with E-state index in [0.717, 1.165) is 27.8 Å². The fraction of sp³-hybridized carbons (Fsp3) is 0.364. The maximum atomic E-state index is 8.67. The fourth-order valence-corrected chi connectivity index (χ4v) is 1.86. The van der Waals surface area contributed by atoms with E-state index in [0.29, 0.717) is 0 Å². The van der Waals surface area contributed by atoms with Gasteiger partial charge in [0.1, 0.15) is 0 Å². The average Bonchev–Trinajstić information content (AvgIpc) is 2.15. The first-order valence-corrected chi connectivity index (χ1v) is 4.82. The van der Waals surface area contributed by atoms with E-state index in [-0.39, 0.29) is 5.17 Å². The second-order valence-electron chi connectivity index (χ2n) is 3.53. The number of benzene rings is 1. The van der Waals surface area contributed by atoms with Gasteiger partial charge in [-0.05, 0) is 49.9 Å². The summed E-state index contributed by atoms with van der Waals surface area (Å²) < 4.78 is 0. The van der Waals surface area contributed by atoms with Crippen LogP contribution in [0, 0.1) is 27.7 Å². The van der Waals surface area contributed by atoms with E-state index >= 15 is 0 Å². The molecule has 0 aromatic heterocycles. The minimum Gasteiger partial charge on any atom is -0.410 e. The van der Waals surface area contributed by atoms with Crippen LogP contribution in [0.15, 0.2) is 11.2 Å². The number of rotatable bonds is 1. The van der Waals surface area contributed by atoms with Crippen LogP contribution in [0.5, 0.6) is 0 Å². The average molecular weight is 212 g/mol. The van der Waals surface area contributed by atoms with Crippen molar-refractivity contribution < 1.29 is 5.21 Å². The van der Waals surface area contributed by atoms with E-state index in [1.807, 2.05) is 27.7 Å². The predicted molar refractivity (Wildman–Crippen MR) is 59.6 cm³/mol. The van der Waals surface area contributed by atoms with Gasteiger partial charge in [0.05, 0.1) is 0 Å². The topological polar surface area (TPSA) is 32.6 Å². The zero-order valence-corrected chi connectivity index (χ0v) is 9.61. The Kier molecular flexibility index (Phi) is 3.17. The van der Waals surface area contributed by atoms with Crippen LogP contribution in [0.2, 0.25) is 0 Å². The largest absolute Gasteiger partial charge is 0.410 e. The summed E-state index contributed by atoms with van der Waals surface area (Å²) in [7, 11) is 0. The molecule has 0 heterocycles. The molecule has 2 nitrogen and oxygen atoms in total. The van der Waals surface area contributed by atoms with Gasteiger partial charge in [-0.2, -0.15) is 0 Å². The van der Waals surface area contributed by atoms with Gasteiger partial charge < -0.3 is 5.21 Å². The molecule has 0 unspecified atom stereocenters. The molecule has 76 valence electrons. The highest BCUT2D eigenvalue weighted by molar-refractivity contribution is 6.69. The van der Waals surface area contributed by atoms with Gasteiger partial charge in [0, 0.05) is 5.56 Å². The fourth-order valence-electron chi connectivity index (χ4n) is 1.58. The minimum absolute atomic E-state index is 0.159. The van der Waals surface area contributed by atoms with Gasteiger partial charge in [-0.15, -0.1) is 0 Å². The van der Waals surface area contributed by atoms with E-state index in [1.165, 1.54) is 0 Å². The van der Waals surface area contributed by atoms with Gasteiger partial charge in [-0.25, -0.2) is 0 Å². The summed E-state index contributed by atoms with van der Waals surface area (Å²) in [5, 5.41) is 11.9. The molecular weight excluding hydrogens is 198 g/mol. The zero-order valence-electron chi connectivity index (χ0n) is 8.85. The van der Waals surface area contributed by atoms with E-state index < -0.39 is 0 Å². The number of oxime groups is 1. The molecule has 0 amide bonds. The summed E-state index contributed by atoms with van der Waals surface area (Å²) >= 11 is 5.85. The van der Waals surface area contributed by atoms with E-state index in [2.05, 4.69) is 11.2 Å². The zero-order chi connectivity index (χ0) is 10.9. The molecule has 0 aliphatic rings. The smallest absolute Gasteiger partial charge is 0.175 e. The number of aryl methyl sites for hydroxylation is 2. The molecule has 0 bridgehead atoms. The van der Waals surface area contributed by atoms with Crippen LogP contribution >= 0.6 is 11.6 Å². The second-order valence-corrected chi connectivity index (χ2v) is 3.88. The lowest BCUT2D eigenvalue weighted by Gasteiger charge is -2.12. The Hall–Kier alpha value is -1.02. The minimum atomic E-state index is 0.159. The molecule has 0 aliphatic carbocycles. The van der Waals surface area contributed by atoms with Gasteiger partial charge in [0.25, 0.3) is 0 Å². The quantitative estimate of drug-likeness (QED) is 0.432. The number of hydrogen-bond acceptors (Lipinski definition) is 2. The molecule has 1 N–H and O–H groups in total. The van der Waals surface area contributed by atoms with Crippen LogP contribution in [-0.2, 0) is 0 Å². The van der Waals surface area contributed by atoms with Crippen molar-refractivity contribution in [3.8, 4) is 0 Å². The Morgan fingerprint density at radius 2 is 1.57 bits per heavy atom. The molecule has 0 saturated heterocycles. The Labute approximate surface area is 89.2 Å². The van der Waals surface area contributed by atoms with Crippen molar-refractivity contribution in [1.29, 1.82) is 0 Å². The van der Waals surface area contributed by atoms with E-state index in [4.69, 9.17) is 16.8 Å². The van der Waals surface area contributed by atoms with Gasteiger partial charge in [-0.1, -0.05) is 22.8 Å². The molecule has 1 rings (SSSR count). The Morgan fingerprint density at radius 3 is 1.93 bits per heavy atom. The standard InChI is InChI=1S/C11H14ClNO/c1-6-5-7(2)9(4)10(8(6)3)11(12)13-14/h5,14H,1-4H3/b13-11-. The van der Waals surface area contributed by atoms with Crippen molar-refractivity contribution in [2.24, 2.45) is 5.16 Å². The van der Waals surface area contributed by atoms with Crippen molar-refractivity contribution >= 4 is 16.8 Å². The lowest BCUT2D eigenvalue weighted by molar-refractivity contribution is 0.320. The molecule has 1 aromatic carbocycles. The molecule has 14 heavy (non-hydrogen) atoms. The highest BCUT2D eigenvalue weighted by atomic mass is 35.5. The summed E-state index contributed by atoms with van der Waals surface area (Å²) in [5.41, 5.74) is 5.29. The van der Waals surface area contributed by atoms with Crippen LogP contribution in [0.3, 0.4) is 0 Å².